The number of pyridine rings is 1. The van der Waals surface area contributed by atoms with E-state index in [0.29, 0.717) is 28.0 Å². The molecule has 4 rings (SSSR count). The summed E-state index contributed by atoms with van der Waals surface area (Å²) >= 11 is 0. The van der Waals surface area contributed by atoms with Crippen LogP contribution in [0.25, 0.3) is 11.0 Å². The maximum Gasteiger partial charge on any atom is 0.262 e. The number of imide groups is 1. The third-order valence-electron chi connectivity index (χ3n) is 4.00. The van der Waals surface area contributed by atoms with Crippen LogP contribution in [-0.4, -0.2) is 44.3 Å². The quantitative estimate of drug-likeness (QED) is 0.705. The van der Waals surface area contributed by atoms with E-state index >= 15 is 0 Å². The van der Waals surface area contributed by atoms with E-state index in [9.17, 15) is 14.4 Å². The van der Waals surface area contributed by atoms with Gasteiger partial charge < -0.3 is 5.32 Å². The van der Waals surface area contributed by atoms with Crippen molar-refractivity contribution in [2.75, 3.05) is 11.9 Å². The Morgan fingerprint density at radius 2 is 1.80 bits per heavy atom. The van der Waals surface area contributed by atoms with Crippen LogP contribution in [0.15, 0.2) is 36.4 Å². The Balaban J connectivity index is 1.53. The van der Waals surface area contributed by atoms with Crippen LogP contribution in [0.3, 0.4) is 0 Å². The largest absolute Gasteiger partial charge is 0.307 e. The molecule has 0 bridgehead atoms. The summed E-state index contributed by atoms with van der Waals surface area (Å²) in [6.45, 7) is 1.47. The number of fused-ring (bicyclic) bond motifs is 2. The number of rotatable bonds is 3. The molecular formula is C17H13N5O3. The van der Waals surface area contributed by atoms with Gasteiger partial charge in [-0.2, -0.15) is 5.10 Å². The van der Waals surface area contributed by atoms with Crippen molar-refractivity contribution in [2.24, 2.45) is 0 Å². The van der Waals surface area contributed by atoms with Gasteiger partial charge in [-0.3, -0.25) is 24.4 Å². The number of aromatic nitrogens is 3. The van der Waals surface area contributed by atoms with E-state index in [4.69, 9.17) is 0 Å². The lowest BCUT2D eigenvalue weighted by Crippen LogP contribution is -2.37. The van der Waals surface area contributed by atoms with Crippen molar-refractivity contribution in [1.29, 1.82) is 0 Å². The molecule has 3 amide bonds. The Bertz CT molecular complexity index is 1000. The van der Waals surface area contributed by atoms with Gasteiger partial charge in [-0.05, 0) is 31.2 Å². The molecule has 25 heavy (non-hydrogen) atoms. The lowest BCUT2D eigenvalue weighted by atomic mass is 10.1. The average Bonchev–Trinajstić information content (AvgIpc) is 3.09. The minimum atomic E-state index is -0.511. The van der Waals surface area contributed by atoms with Crippen LogP contribution in [0.5, 0.6) is 0 Å². The van der Waals surface area contributed by atoms with Crippen molar-refractivity contribution in [3.8, 4) is 0 Å². The fourth-order valence-corrected chi connectivity index (χ4v) is 2.80. The van der Waals surface area contributed by atoms with Crippen molar-refractivity contribution in [1.82, 2.24) is 20.1 Å². The average molecular weight is 335 g/mol. The monoisotopic (exact) mass is 335 g/mol. The van der Waals surface area contributed by atoms with Gasteiger partial charge in [0.25, 0.3) is 11.8 Å². The van der Waals surface area contributed by atoms with Crippen molar-refractivity contribution >= 4 is 34.6 Å². The molecule has 0 saturated heterocycles. The molecule has 3 aromatic rings. The number of aromatic amines is 1. The summed E-state index contributed by atoms with van der Waals surface area (Å²) in [5, 5.41) is 10.0. The molecule has 2 N–H and O–H groups in total. The van der Waals surface area contributed by atoms with Gasteiger partial charge in [-0.25, -0.2) is 4.98 Å². The molecule has 2 aromatic heterocycles. The third-order valence-corrected chi connectivity index (χ3v) is 4.00. The molecule has 0 fully saturated rings. The number of aryl methyl sites for hydroxylation is 1. The highest BCUT2D eigenvalue weighted by Gasteiger charge is 2.36. The van der Waals surface area contributed by atoms with E-state index in [1.165, 1.54) is 0 Å². The summed E-state index contributed by atoms with van der Waals surface area (Å²) in [5.74, 6) is -1.15. The van der Waals surface area contributed by atoms with Crippen LogP contribution >= 0.6 is 0 Å². The Hall–Kier alpha value is -3.55. The summed E-state index contributed by atoms with van der Waals surface area (Å²) in [7, 11) is 0. The number of nitrogens with one attached hydrogen (secondary N) is 2. The van der Waals surface area contributed by atoms with E-state index in [-0.39, 0.29) is 6.54 Å². The maximum atomic E-state index is 12.3. The minimum Gasteiger partial charge on any atom is -0.307 e. The van der Waals surface area contributed by atoms with E-state index in [1.54, 1.807) is 36.4 Å². The summed E-state index contributed by atoms with van der Waals surface area (Å²) < 4.78 is 0. The number of nitrogens with zero attached hydrogens (tertiary/aromatic N) is 3. The Morgan fingerprint density at radius 3 is 2.48 bits per heavy atom. The smallest absolute Gasteiger partial charge is 0.262 e. The number of carbonyl (C=O) groups is 3. The standard InChI is InChI=1S/C17H13N5O3/c1-9-6-7-12-14(18-9)20-21-15(12)19-13(23)8-22-16(24)10-4-2-3-5-11(10)17(22)25/h2-7H,8H2,1H3,(H2,18,19,20,21,23). The minimum absolute atomic E-state index is 0.309. The Labute approximate surface area is 141 Å². The molecule has 0 saturated carbocycles. The molecule has 124 valence electrons. The molecule has 3 heterocycles. The van der Waals surface area contributed by atoms with Gasteiger partial charge >= 0.3 is 0 Å². The Kier molecular flexibility index (Phi) is 3.31. The molecule has 0 unspecified atom stereocenters. The second-order valence-corrected chi connectivity index (χ2v) is 5.71. The summed E-state index contributed by atoms with van der Waals surface area (Å²) in [4.78, 5) is 42.1. The van der Waals surface area contributed by atoms with Gasteiger partial charge in [0.1, 0.15) is 6.54 Å². The SMILES string of the molecule is Cc1ccc2c(NC(=O)CN3C(=O)c4ccccc4C3=O)n[nH]c2n1. The lowest BCUT2D eigenvalue weighted by Gasteiger charge is -2.12. The molecular weight excluding hydrogens is 322 g/mol. The van der Waals surface area contributed by atoms with Crippen molar-refractivity contribution < 1.29 is 14.4 Å². The zero-order valence-electron chi connectivity index (χ0n) is 13.2. The number of H-pyrrole nitrogens is 1. The van der Waals surface area contributed by atoms with Crippen LogP contribution in [-0.2, 0) is 4.79 Å². The highest BCUT2D eigenvalue weighted by molar-refractivity contribution is 6.22. The van der Waals surface area contributed by atoms with Crippen LogP contribution < -0.4 is 5.32 Å². The second-order valence-electron chi connectivity index (χ2n) is 5.71. The predicted octanol–water partition coefficient (Wildman–Crippen LogP) is 1.50. The van der Waals surface area contributed by atoms with Crippen molar-refractivity contribution in [3.05, 3.63) is 53.2 Å². The molecule has 1 aromatic carbocycles. The number of amides is 3. The second kappa shape index (κ2) is 5.52. The number of anilines is 1. The molecule has 0 spiro atoms. The van der Waals surface area contributed by atoms with Gasteiger partial charge in [0.2, 0.25) is 5.91 Å². The third kappa shape index (κ3) is 2.44. The van der Waals surface area contributed by atoms with Crippen LogP contribution in [0, 0.1) is 6.92 Å². The van der Waals surface area contributed by atoms with Crippen molar-refractivity contribution in [3.63, 3.8) is 0 Å². The first-order chi connectivity index (χ1) is 12.0. The predicted molar refractivity (Wildman–Crippen MR) is 89.1 cm³/mol. The molecule has 8 heteroatoms. The van der Waals surface area contributed by atoms with Gasteiger partial charge in [-0.15, -0.1) is 0 Å². The molecule has 0 aliphatic carbocycles. The first-order valence-electron chi connectivity index (χ1n) is 7.61. The van der Waals surface area contributed by atoms with Crippen LogP contribution in [0.2, 0.25) is 0 Å². The topological polar surface area (TPSA) is 108 Å². The van der Waals surface area contributed by atoms with Gasteiger partial charge in [-0.1, -0.05) is 12.1 Å². The summed E-state index contributed by atoms with van der Waals surface area (Å²) in [5.41, 5.74) is 1.99. The normalized spacial score (nSPS) is 13.4. The van der Waals surface area contributed by atoms with Gasteiger partial charge in [0.15, 0.2) is 11.5 Å². The fourth-order valence-electron chi connectivity index (χ4n) is 2.80. The first kappa shape index (κ1) is 15.0. The maximum absolute atomic E-state index is 12.3. The number of hydrogen-bond acceptors (Lipinski definition) is 5. The number of hydrogen-bond donors (Lipinski definition) is 2. The van der Waals surface area contributed by atoms with E-state index in [0.717, 1.165) is 10.6 Å². The van der Waals surface area contributed by atoms with Crippen molar-refractivity contribution in [2.45, 2.75) is 6.92 Å². The first-order valence-corrected chi connectivity index (χ1v) is 7.61. The molecule has 8 nitrogen and oxygen atoms in total. The van der Waals surface area contributed by atoms with E-state index < -0.39 is 17.7 Å². The van der Waals surface area contributed by atoms with Gasteiger partial charge in [0.05, 0.1) is 16.5 Å². The number of benzene rings is 1. The van der Waals surface area contributed by atoms with E-state index in [2.05, 4.69) is 20.5 Å². The van der Waals surface area contributed by atoms with Crippen LogP contribution in [0.1, 0.15) is 26.4 Å². The fraction of sp³-hybridized carbons (Fsp3) is 0.118. The molecule has 1 aliphatic heterocycles. The zero-order chi connectivity index (χ0) is 17.6. The Morgan fingerprint density at radius 1 is 1.12 bits per heavy atom. The highest BCUT2D eigenvalue weighted by Crippen LogP contribution is 2.23. The van der Waals surface area contributed by atoms with Gasteiger partial charge in [0, 0.05) is 5.69 Å². The lowest BCUT2D eigenvalue weighted by molar-refractivity contribution is -0.116. The molecule has 1 aliphatic rings. The molecule has 0 atom stereocenters. The summed E-state index contributed by atoms with van der Waals surface area (Å²) in [6, 6.07) is 10.1. The molecule has 0 radical (unpaired) electrons. The summed E-state index contributed by atoms with van der Waals surface area (Å²) in [6.07, 6.45) is 0. The zero-order valence-corrected chi connectivity index (χ0v) is 13.2. The van der Waals surface area contributed by atoms with E-state index in [1.807, 2.05) is 6.92 Å². The number of carbonyl (C=O) groups excluding carboxylic acids is 3. The highest BCUT2D eigenvalue weighted by atomic mass is 16.2. The van der Waals surface area contributed by atoms with Crippen LogP contribution in [0.4, 0.5) is 5.82 Å².